The lowest BCUT2D eigenvalue weighted by Gasteiger charge is -2.29. The van der Waals surface area contributed by atoms with Gasteiger partial charge >= 0.3 is 0 Å². The number of nitrogens with zero attached hydrogens (tertiary/aromatic N) is 3. The van der Waals surface area contributed by atoms with Crippen LogP contribution in [0.4, 0.5) is 0 Å². The van der Waals surface area contributed by atoms with E-state index < -0.39 is 0 Å². The summed E-state index contributed by atoms with van der Waals surface area (Å²) in [5, 5.41) is 0.799. The summed E-state index contributed by atoms with van der Waals surface area (Å²) in [6.07, 6.45) is 4.16. The van der Waals surface area contributed by atoms with Crippen LogP contribution in [-0.4, -0.2) is 33.6 Å². The Morgan fingerprint density at radius 2 is 1.83 bits per heavy atom. The highest BCUT2D eigenvalue weighted by atomic mass is 32.2. The van der Waals surface area contributed by atoms with Crippen molar-refractivity contribution in [1.29, 1.82) is 0 Å². The molecule has 0 fully saturated rings. The van der Waals surface area contributed by atoms with Crippen LogP contribution in [-0.2, 0) is 24.2 Å². The highest BCUT2D eigenvalue weighted by molar-refractivity contribution is 7.98. The van der Waals surface area contributed by atoms with E-state index in [1.807, 2.05) is 31.1 Å². The summed E-state index contributed by atoms with van der Waals surface area (Å²) in [6.45, 7) is 5.56. The van der Waals surface area contributed by atoms with Crippen molar-refractivity contribution < 1.29 is 4.79 Å². The molecule has 1 aromatic heterocycles. The predicted molar refractivity (Wildman–Crippen MR) is 97.2 cm³/mol. The molecule has 0 atom stereocenters. The van der Waals surface area contributed by atoms with Crippen LogP contribution in [0.15, 0.2) is 29.4 Å². The Morgan fingerprint density at radius 1 is 1.17 bits per heavy atom. The molecule has 1 aliphatic rings. The van der Waals surface area contributed by atoms with Gasteiger partial charge in [-0.2, -0.15) is 0 Å². The molecule has 0 N–H and O–H groups in total. The summed E-state index contributed by atoms with van der Waals surface area (Å²) in [7, 11) is 0. The van der Waals surface area contributed by atoms with Gasteiger partial charge in [-0.3, -0.25) is 4.79 Å². The van der Waals surface area contributed by atoms with Gasteiger partial charge in [0.05, 0.1) is 0 Å². The number of carbonyl (C=O) groups excluding carboxylic acids is 1. The van der Waals surface area contributed by atoms with E-state index in [0.717, 1.165) is 41.6 Å². The minimum absolute atomic E-state index is 0.220. The standard InChI is InChI=1S/C19H23N3OS/c1-13-17(14(2)21-19(20-13)24-3)8-9-18(23)22-11-10-15-6-4-5-7-16(15)12-22/h4-7H,8-12H2,1-3H3. The van der Waals surface area contributed by atoms with Crippen molar-refractivity contribution in [2.45, 2.75) is 44.8 Å². The number of benzene rings is 1. The molecule has 4 nitrogen and oxygen atoms in total. The number of aryl methyl sites for hydroxylation is 2. The Hall–Kier alpha value is -1.88. The van der Waals surface area contributed by atoms with Crippen molar-refractivity contribution in [2.75, 3.05) is 12.8 Å². The van der Waals surface area contributed by atoms with Crippen molar-refractivity contribution in [3.63, 3.8) is 0 Å². The molecule has 0 saturated heterocycles. The maximum absolute atomic E-state index is 12.6. The smallest absolute Gasteiger partial charge is 0.223 e. The first-order valence-electron chi connectivity index (χ1n) is 8.31. The molecular weight excluding hydrogens is 318 g/mol. The highest BCUT2D eigenvalue weighted by Crippen LogP contribution is 2.21. The summed E-state index contributed by atoms with van der Waals surface area (Å²) in [5.74, 6) is 0.220. The Kier molecular flexibility index (Phi) is 5.19. The molecule has 0 saturated carbocycles. The second kappa shape index (κ2) is 7.34. The van der Waals surface area contributed by atoms with Gasteiger partial charge in [-0.15, -0.1) is 0 Å². The molecule has 1 amide bonds. The number of amides is 1. The lowest BCUT2D eigenvalue weighted by Crippen LogP contribution is -2.36. The number of rotatable bonds is 4. The second-order valence-corrected chi connectivity index (χ2v) is 6.97. The molecular formula is C19H23N3OS. The quantitative estimate of drug-likeness (QED) is 0.632. The van der Waals surface area contributed by atoms with Crippen molar-refractivity contribution in [3.8, 4) is 0 Å². The van der Waals surface area contributed by atoms with E-state index in [9.17, 15) is 4.79 Å². The molecule has 5 heteroatoms. The van der Waals surface area contributed by atoms with Gasteiger partial charge < -0.3 is 4.90 Å². The maximum Gasteiger partial charge on any atom is 0.223 e. The van der Waals surface area contributed by atoms with E-state index in [1.165, 1.54) is 11.1 Å². The topological polar surface area (TPSA) is 46.1 Å². The SMILES string of the molecule is CSc1nc(C)c(CCC(=O)N2CCc3ccccc3C2)c(C)n1. The fraction of sp³-hybridized carbons (Fsp3) is 0.421. The number of carbonyl (C=O) groups is 1. The summed E-state index contributed by atoms with van der Waals surface area (Å²) >= 11 is 1.55. The van der Waals surface area contributed by atoms with Crippen molar-refractivity contribution in [1.82, 2.24) is 14.9 Å². The molecule has 126 valence electrons. The van der Waals surface area contributed by atoms with Gasteiger partial charge in [0, 0.05) is 30.9 Å². The van der Waals surface area contributed by atoms with Crippen molar-refractivity contribution in [2.24, 2.45) is 0 Å². The zero-order valence-electron chi connectivity index (χ0n) is 14.5. The van der Waals surface area contributed by atoms with Gasteiger partial charge in [-0.1, -0.05) is 36.0 Å². The number of thioether (sulfide) groups is 1. The first-order valence-corrected chi connectivity index (χ1v) is 9.53. The van der Waals surface area contributed by atoms with Gasteiger partial charge in [0.2, 0.25) is 5.91 Å². The van der Waals surface area contributed by atoms with Crippen molar-refractivity contribution >= 4 is 17.7 Å². The number of fused-ring (bicyclic) bond motifs is 1. The minimum Gasteiger partial charge on any atom is -0.338 e. The molecule has 1 aromatic carbocycles. The van der Waals surface area contributed by atoms with Crippen LogP contribution in [0.3, 0.4) is 0 Å². The number of hydrogen-bond donors (Lipinski definition) is 0. The van der Waals surface area contributed by atoms with E-state index in [4.69, 9.17) is 0 Å². The first kappa shape index (κ1) is 17.0. The zero-order valence-corrected chi connectivity index (χ0v) is 15.3. The molecule has 0 aliphatic carbocycles. The van der Waals surface area contributed by atoms with E-state index >= 15 is 0 Å². The molecule has 0 spiro atoms. The molecule has 0 bridgehead atoms. The third-order valence-corrected chi connectivity index (χ3v) is 5.20. The third-order valence-electron chi connectivity index (χ3n) is 4.65. The molecule has 0 radical (unpaired) electrons. The van der Waals surface area contributed by atoms with Crippen LogP contribution >= 0.6 is 11.8 Å². The summed E-state index contributed by atoms with van der Waals surface area (Å²) in [4.78, 5) is 23.6. The van der Waals surface area contributed by atoms with Crippen LogP contribution in [0, 0.1) is 13.8 Å². The van der Waals surface area contributed by atoms with E-state index in [-0.39, 0.29) is 5.91 Å². The van der Waals surface area contributed by atoms with E-state index in [0.29, 0.717) is 12.8 Å². The van der Waals surface area contributed by atoms with Crippen LogP contribution in [0.1, 0.15) is 34.5 Å². The van der Waals surface area contributed by atoms with Crippen LogP contribution in [0.2, 0.25) is 0 Å². The van der Waals surface area contributed by atoms with Gasteiger partial charge in [0.25, 0.3) is 0 Å². The van der Waals surface area contributed by atoms with Gasteiger partial charge in [0.1, 0.15) is 0 Å². The van der Waals surface area contributed by atoms with Gasteiger partial charge in [-0.25, -0.2) is 9.97 Å². The Labute approximate surface area is 147 Å². The normalized spacial score (nSPS) is 13.7. The van der Waals surface area contributed by atoms with Gasteiger partial charge in [0.15, 0.2) is 5.16 Å². The number of aromatic nitrogens is 2. The number of hydrogen-bond acceptors (Lipinski definition) is 4. The minimum atomic E-state index is 0.220. The fourth-order valence-electron chi connectivity index (χ4n) is 3.26. The molecule has 0 unspecified atom stereocenters. The Morgan fingerprint density at radius 3 is 2.50 bits per heavy atom. The van der Waals surface area contributed by atoms with Crippen molar-refractivity contribution in [3.05, 3.63) is 52.3 Å². The summed E-state index contributed by atoms with van der Waals surface area (Å²) < 4.78 is 0. The Balaban J connectivity index is 1.65. The van der Waals surface area contributed by atoms with Crippen LogP contribution in [0.5, 0.6) is 0 Å². The molecule has 1 aliphatic heterocycles. The lowest BCUT2D eigenvalue weighted by molar-refractivity contribution is -0.132. The summed E-state index contributed by atoms with van der Waals surface area (Å²) in [5.41, 5.74) is 5.73. The average molecular weight is 341 g/mol. The molecule has 24 heavy (non-hydrogen) atoms. The third kappa shape index (κ3) is 3.61. The predicted octanol–water partition coefficient (Wildman–Crippen LogP) is 3.33. The molecule has 2 heterocycles. The Bertz CT molecular complexity index is 737. The summed E-state index contributed by atoms with van der Waals surface area (Å²) in [6, 6.07) is 8.40. The largest absolute Gasteiger partial charge is 0.338 e. The van der Waals surface area contributed by atoms with E-state index in [2.05, 4.69) is 28.2 Å². The van der Waals surface area contributed by atoms with Gasteiger partial charge in [-0.05, 0) is 49.6 Å². The fourth-order valence-corrected chi connectivity index (χ4v) is 3.72. The van der Waals surface area contributed by atoms with Crippen LogP contribution in [0.25, 0.3) is 0 Å². The monoisotopic (exact) mass is 341 g/mol. The average Bonchev–Trinajstić information content (AvgIpc) is 2.60. The molecule has 3 rings (SSSR count). The maximum atomic E-state index is 12.6. The lowest BCUT2D eigenvalue weighted by atomic mass is 9.99. The van der Waals surface area contributed by atoms with Crippen LogP contribution < -0.4 is 0 Å². The highest BCUT2D eigenvalue weighted by Gasteiger charge is 2.20. The second-order valence-electron chi connectivity index (χ2n) is 6.19. The first-order chi connectivity index (χ1) is 11.6. The molecule has 2 aromatic rings. The zero-order chi connectivity index (χ0) is 17.1. The van der Waals surface area contributed by atoms with E-state index in [1.54, 1.807) is 11.8 Å².